The van der Waals surface area contributed by atoms with Crippen LogP contribution in [0.25, 0.3) is 0 Å². The van der Waals surface area contributed by atoms with Crippen LogP contribution in [-0.2, 0) is 18.4 Å². The van der Waals surface area contributed by atoms with E-state index in [1.54, 1.807) is 6.08 Å². The number of carbonyl (C=O) groups excluding carboxylic acids is 1. The number of aliphatic hydroxyl groups is 1. The molecular formula is C69H125N2O6P. The van der Waals surface area contributed by atoms with Crippen LogP contribution in [0.5, 0.6) is 0 Å². The smallest absolute Gasteiger partial charge is 0.268 e. The zero-order valence-corrected chi connectivity index (χ0v) is 52.5. The minimum absolute atomic E-state index is 0.00619. The quantitative estimate of drug-likeness (QED) is 0.0272. The number of phosphoric ester groups is 1. The third-order valence-electron chi connectivity index (χ3n) is 14.3. The summed E-state index contributed by atoms with van der Waals surface area (Å²) in [5.41, 5.74) is 0. The second-order valence-electron chi connectivity index (χ2n) is 23.1. The lowest BCUT2D eigenvalue weighted by Gasteiger charge is -2.29. The first kappa shape index (κ1) is 75.4. The molecule has 3 unspecified atom stereocenters. The summed E-state index contributed by atoms with van der Waals surface area (Å²) in [5, 5.41) is 13.9. The first-order valence-electron chi connectivity index (χ1n) is 32.6. The zero-order chi connectivity index (χ0) is 57.0. The Morgan fingerprint density at radius 3 is 1.14 bits per heavy atom. The van der Waals surface area contributed by atoms with Gasteiger partial charge < -0.3 is 28.8 Å². The monoisotopic (exact) mass is 1110 g/mol. The molecule has 0 aromatic rings. The molecule has 1 amide bonds. The fraction of sp³-hybridized carbons (Fsp3) is 0.754. The van der Waals surface area contributed by atoms with Crippen LogP contribution in [0.15, 0.2) is 97.2 Å². The van der Waals surface area contributed by atoms with Gasteiger partial charge in [0, 0.05) is 6.42 Å². The predicted octanol–water partition coefficient (Wildman–Crippen LogP) is 19.9. The van der Waals surface area contributed by atoms with Gasteiger partial charge in [-0.25, -0.2) is 0 Å². The van der Waals surface area contributed by atoms with Gasteiger partial charge in [0.15, 0.2) is 0 Å². The summed E-state index contributed by atoms with van der Waals surface area (Å²) in [6, 6.07) is -0.898. The molecule has 0 aromatic heterocycles. The van der Waals surface area contributed by atoms with E-state index in [1.807, 2.05) is 27.2 Å². The molecule has 0 heterocycles. The molecule has 78 heavy (non-hydrogen) atoms. The van der Waals surface area contributed by atoms with Crippen LogP contribution in [0.3, 0.4) is 0 Å². The number of unbranched alkanes of at least 4 members (excludes halogenated alkanes) is 32. The summed E-state index contributed by atoms with van der Waals surface area (Å²) in [7, 11) is 1.25. The number of carbonyl (C=O) groups is 1. The van der Waals surface area contributed by atoms with Crippen LogP contribution in [-0.4, -0.2) is 68.5 Å². The Morgan fingerprint density at radius 1 is 0.462 bits per heavy atom. The van der Waals surface area contributed by atoms with Crippen molar-refractivity contribution in [1.29, 1.82) is 0 Å². The SMILES string of the molecule is CC/C=C\C/C=C\C/C=C\C/C=C\C/C=C\C/C=C\C/C=C\CCCCCCCCCCCC(=O)NC(COP(=O)([O-])OCC[N+](C)(C)C)C(O)/C=C/CCCCCCCCCCCCCCCCCCCCCCCCC. The topological polar surface area (TPSA) is 108 Å². The molecule has 0 bridgehead atoms. The van der Waals surface area contributed by atoms with E-state index in [-0.39, 0.29) is 19.1 Å². The Labute approximate surface area is 483 Å². The first-order valence-corrected chi connectivity index (χ1v) is 34.1. The molecule has 452 valence electrons. The largest absolute Gasteiger partial charge is 0.756 e. The van der Waals surface area contributed by atoms with Crippen molar-refractivity contribution in [3.05, 3.63) is 97.2 Å². The number of nitrogens with one attached hydrogen (secondary N) is 1. The number of allylic oxidation sites excluding steroid dienone is 15. The fourth-order valence-electron chi connectivity index (χ4n) is 9.25. The number of phosphoric acid groups is 1. The van der Waals surface area contributed by atoms with Gasteiger partial charge >= 0.3 is 0 Å². The van der Waals surface area contributed by atoms with Crippen molar-refractivity contribution in [2.24, 2.45) is 0 Å². The minimum Gasteiger partial charge on any atom is -0.756 e. The Kier molecular flexibility index (Phi) is 57.1. The van der Waals surface area contributed by atoms with Crippen molar-refractivity contribution >= 4 is 13.7 Å². The van der Waals surface area contributed by atoms with Gasteiger partial charge in [-0.2, -0.15) is 0 Å². The molecule has 0 saturated heterocycles. The molecule has 0 aliphatic rings. The van der Waals surface area contributed by atoms with Gasteiger partial charge in [-0.15, -0.1) is 0 Å². The average molecular weight is 1110 g/mol. The molecule has 0 aromatic carbocycles. The van der Waals surface area contributed by atoms with Crippen molar-refractivity contribution in [2.45, 2.75) is 296 Å². The second-order valence-corrected chi connectivity index (χ2v) is 24.5. The number of aliphatic hydroxyl groups excluding tert-OH is 1. The highest BCUT2D eigenvalue weighted by atomic mass is 31.2. The van der Waals surface area contributed by atoms with E-state index in [4.69, 9.17) is 9.05 Å². The number of amides is 1. The Bertz CT molecular complexity index is 1590. The zero-order valence-electron chi connectivity index (χ0n) is 51.6. The summed E-state index contributed by atoms with van der Waals surface area (Å²) < 4.78 is 23.4. The fourth-order valence-corrected chi connectivity index (χ4v) is 9.98. The van der Waals surface area contributed by atoms with E-state index in [1.165, 1.54) is 173 Å². The van der Waals surface area contributed by atoms with E-state index in [0.29, 0.717) is 17.4 Å². The molecule has 8 nitrogen and oxygen atoms in total. The number of likely N-dealkylation sites (N-methyl/N-ethyl adjacent to an activating group) is 1. The van der Waals surface area contributed by atoms with Crippen molar-refractivity contribution in [3.8, 4) is 0 Å². The van der Waals surface area contributed by atoms with Gasteiger partial charge in [-0.05, 0) is 77.0 Å². The first-order chi connectivity index (χ1) is 38.0. The third kappa shape index (κ3) is 61.0. The highest BCUT2D eigenvalue weighted by molar-refractivity contribution is 7.45. The molecule has 0 saturated carbocycles. The van der Waals surface area contributed by atoms with Crippen molar-refractivity contribution < 1.29 is 32.9 Å². The summed E-state index contributed by atoms with van der Waals surface area (Å²) in [5.74, 6) is -0.205. The number of rotatable bonds is 59. The van der Waals surface area contributed by atoms with Crippen LogP contribution < -0.4 is 10.2 Å². The standard InChI is InChI=1S/C69H125N2O6P/c1-6-8-10-12-14-16-18-20-22-24-26-28-30-32-33-34-35-36-37-39-41-43-45-47-49-51-53-55-57-59-61-63-69(73)70-67(66-77-78(74,75)76-65-64-71(3,4)5)68(72)62-60-58-56-54-52-50-48-46-44-42-40-38-31-29-27-25-23-21-19-17-15-13-11-9-7-2/h8,10,14,16,20,22,26,28,32-33,35-36,39,41,60,62,67-68,72H,6-7,9,11-13,15,17-19,21,23-25,27,29-31,34,37-38,40,42-59,61,63-66H2,1-5H3,(H-,70,73,74,75)/b10-8-,16-14-,22-20-,28-26-,33-32-,36-35-,41-39-,62-60+. The molecular weight excluding hydrogens is 984 g/mol. The molecule has 0 radical (unpaired) electrons. The molecule has 0 rings (SSSR count). The van der Waals surface area contributed by atoms with Gasteiger partial charge in [0.05, 0.1) is 39.9 Å². The summed E-state index contributed by atoms with van der Waals surface area (Å²) in [6.45, 7) is 4.55. The van der Waals surface area contributed by atoms with Crippen LogP contribution >= 0.6 is 7.82 Å². The van der Waals surface area contributed by atoms with E-state index in [9.17, 15) is 19.4 Å². The molecule has 3 atom stereocenters. The highest BCUT2D eigenvalue weighted by Crippen LogP contribution is 2.38. The average Bonchev–Trinajstić information content (AvgIpc) is 3.41. The predicted molar refractivity (Wildman–Crippen MR) is 339 cm³/mol. The summed E-state index contributed by atoms with van der Waals surface area (Å²) in [6.07, 6.45) is 85.0. The normalized spacial score (nSPS) is 14.4. The van der Waals surface area contributed by atoms with Crippen molar-refractivity contribution in [3.63, 3.8) is 0 Å². The van der Waals surface area contributed by atoms with Crippen molar-refractivity contribution in [2.75, 3.05) is 40.9 Å². The van der Waals surface area contributed by atoms with E-state index in [0.717, 1.165) is 89.9 Å². The Balaban J connectivity index is 4.18. The number of hydrogen-bond donors (Lipinski definition) is 2. The lowest BCUT2D eigenvalue weighted by molar-refractivity contribution is -0.870. The third-order valence-corrected chi connectivity index (χ3v) is 15.3. The number of quaternary nitrogens is 1. The van der Waals surface area contributed by atoms with E-state index >= 15 is 0 Å². The Morgan fingerprint density at radius 2 is 0.782 bits per heavy atom. The lowest BCUT2D eigenvalue weighted by atomic mass is 10.0. The van der Waals surface area contributed by atoms with Crippen LogP contribution in [0.2, 0.25) is 0 Å². The number of nitrogens with zero attached hydrogens (tertiary/aromatic N) is 1. The lowest BCUT2D eigenvalue weighted by Crippen LogP contribution is -2.45. The minimum atomic E-state index is -4.61. The van der Waals surface area contributed by atoms with Gasteiger partial charge in [0.1, 0.15) is 13.2 Å². The number of hydrogen-bond acceptors (Lipinski definition) is 6. The van der Waals surface area contributed by atoms with Crippen LogP contribution in [0.4, 0.5) is 0 Å². The van der Waals surface area contributed by atoms with Gasteiger partial charge in [-0.3, -0.25) is 9.36 Å². The summed E-state index contributed by atoms with van der Waals surface area (Å²) in [4.78, 5) is 25.6. The summed E-state index contributed by atoms with van der Waals surface area (Å²) >= 11 is 0. The van der Waals surface area contributed by atoms with Gasteiger partial charge in [0.25, 0.3) is 7.82 Å². The molecule has 0 aliphatic heterocycles. The maximum absolute atomic E-state index is 13.0. The molecule has 9 heteroatoms. The molecule has 0 spiro atoms. The van der Waals surface area contributed by atoms with Crippen LogP contribution in [0.1, 0.15) is 284 Å². The maximum Gasteiger partial charge on any atom is 0.268 e. The van der Waals surface area contributed by atoms with E-state index < -0.39 is 20.0 Å². The van der Waals surface area contributed by atoms with Crippen LogP contribution in [0, 0.1) is 0 Å². The van der Waals surface area contributed by atoms with Gasteiger partial charge in [-0.1, -0.05) is 297 Å². The van der Waals surface area contributed by atoms with E-state index in [2.05, 4.69) is 104 Å². The second kappa shape index (κ2) is 59.1. The highest BCUT2D eigenvalue weighted by Gasteiger charge is 2.23. The van der Waals surface area contributed by atoms with Crippen molar-refractivity contribution in [1.82, 2.24) is 5.32 Å². The Hall–Kier alpha value is -2.58. The van der Waals surface area contributed by atoms with Gasteiger partial charge in [0.2, 0.25) is 5.91 Å². The molecule has 2 N–H and O–H groups in total. The maximum atomic E-state index is 13.0. The molecule has 0 fully saturated rings. The molecule has 0 aliphatic carbocycles.